The van der Waals surface area contributed by atoms with E-state index >= 15 is 0 Å². The molecule has 0 bridgehead atoms. The third kappa shape index (κ3) is 3.01. The molecule has 0 aromatic carbocycles. The van der Waals surface area contributed by atoms with Gasteiger partial charge in [-0.1, -0.05) is 6.07 Å². The van der Waals surface area contributed by atoms with Crippen LogP contribution in [0.4, 0.5) is 0 Å². The molecule has 1 aliphatic heterocycles. The van der Waals surface area contributed by atoms with Gasteiger partial charge >= 0.3 is 5.97 Å². The quantitative estimate of drug-likeness (QED) is 0.786. The maximum atomic E-state index is 11.1. The summed E-state index contributed by atoms with van der Waals surface area (Å²) in [5.41, 5.74) is 2.03. The fourth-order valence-corrected chi connectivity index (χ4v) is 1.98. The van der Waals surface area contributed by atoms with Gasteiger partial charge in [0.1, 0.15) is 6.04 Å². The van der Waals surface area contributed by atoms with Gasteiger partial charge in [-0.3, -0.25) is 14.7 Å². The second-order valence-electron chi connectivity index (χ2n) is 4.36. The number of hydrogen-bond acceptors (Lipinski definition) is 4. The predicted octanol–water partition coefficient (Wildman–Crippen LogP) is 0.248. The summed E-state index contributed by atoms with van der Waals surface area (Å²) >= 11 is 0. The first-order valence-electron chi connectivity index (χ1n) is 5.76. The van der Waals surface area contributed by atoms with Crippen LogP contribution in [0.15, 0.2) is 18.3 Å². The Morgan fingerprint density at radius 1 is 1.65 bits per heavy atom. The van der Waals surface area contributed by atoms with E-state index in [1.807, 2.05) is 30.2 Å². The molecular formula is C12H17N3O2. The molecule has 2 heterocycles. The van der Waals surface area contributed by atoms with E-state index in [4.69, 9.17) is 5.11 Å². The van der Waals surface area contributed by atoms with Gasteiger partial charge in [-0.05, 0) is 18.6 Å². The number of aryl methyl sites for hydroxylation is 1. The topological polar surface area (TPSA) is 65.5 Å². The Labute approximate surface area is 100 Å². The molecule has 0 amide bonds. The van der Waals surface area contributed by atoms with Crippen LogP contribution < -0.4 is 5.32 Å². The summed E-state index contributed by atoms with van der Waals surface area (Å²) in [4.78, 5) is 17.4. The first-order chi connectivity index (χ1) is 8.16. The lowest BCUT2D eigenvalue weighted by molar-refractivity contribution is -0.144. The van der Waals surface area contributed by atoms with Crippen molar-refractivity contribution in [3.63, 3.8) is 0 Å². The predicted molar refractivity (Wildman–Crippen MR) is 63.7 cm³/mol. The van der Waals surface area contributed by atoms with Crippen LogP contribution in [0.2, 0.25) is 0 Å². The molecule has 1 atom stereocenters. The third-order valence-corrected chi connectivity index (χ3v) is 2.98. The second-order valence-corrected chi connectivity index (χ2v) is 4.36. The van der Waals surface area contributed by atoms with Crippen molar-refractivity contribution in [2.75, 3.05) is 19.6 Å². The zero-order chi connectivity index (χ0) is 12.3. The molecule has 1 fully saturated rings. The average molecular weight is 235 g/mol. The van der Waals surface area contributed by atoms with Gasteiger partial charge in [-0.15, -0.1) is 0 Å². The Balaban J connectivity index is 2.05. The molecule has 2 N–H and O–H groups in total. The van der Waals surface area contributed by atoms with Crippen LogP contribution in [0.25, 0.3) is 0 Å². The monoisotopic (exact) mass is 235 g/mol. The van der Waals surface area contributed by atoms with Gasteiger partial charge in [0.25, 0.3) is 0 Å². The van der Waals surface area contributed by atoms with Crippen LogP contribution in [-0.4, -0.2) is 46.6 Å². The molecule has 0 saturated carbocycles. The van der Waals surface area contributed by atoms with Gasteiger partial charge in [-0.25, -0.2) is 0 Å². The van der Waals surface area contributed by atoms with Crippen molar-refractivity contribution in [3.05, 3.63) is 29.6 Å². The van der Waals surface area contributed by atoms with Crippen LogP contribution in [0.1, 0.15) is 11.3 Å². The van der Waals surface area contributed by atoms with E-state index in [9.17, 15) is 4.79 Å². The van der Waals surface area contributed by atoms with Crippen molar-refractivity contribution in [3.8, 4) is 0 Å². The summed E-state index contributed by atoms with van der Waals surface area (Å²) in [7, 11) is 0. The molecule has 0 radical (unpaired) electrons. The summed E-state index contributed by atoms with van der Waals surface area (Å²) in [6.45, 7) is 4.66. The smallest absolute Gasteiger partial charge is 0.322 e. The largest absolute Gasteiger partial charge is 0.480 e. The molecule has 5 nitrogen and oxygen atoms in total. The highest BCUT2D eigenvalue weighted by atomic mass is 16.4. The highest BCUT2D eigenvalue weighted by Gasteiger charge is 2.28. The molecule has 92 valence electrons. The highest BCUT2D eigenvalue weighted by molar-refractivity contribution is 5.73. The van der Waals surface area contributed by atoms with Gasteiger partial charge in [0, 0.05) is 32.4 Å². The van der Waals surface area contributed by atoms with Gasteiger partial charge in [-0.2, -0.15) is 0 Å². The number of carboxylic acid groups (broad SMARTS) is 1. The molecule has 1 aromatic rings. The molecular weight excluding hydrogens is 218 g/mol. The molecule has 1 saturated heterocycles. The standard InChI is InChI=1S/C12H17N3O2/c1-9-2-3-10(14-6-9)8-15-5-4-13-7-11(15)12(16)17/h2-3,6,11,13H,4-5,7-8H2,1H3,(H,16,17). The van der Waals surface area contributed by atoms with Gasteiger partial charge in [0.05, 0.1) is 5.69 Å². The summed E-state index contributed by atoms with van der Waals surface area (Å²) in [5, 5.41) is 12.2. The van der Waals surface area contributed by atoms with E-state index in [2.05, 4.69) is 10.3 Å². The average Bonchev–Trinajstić information content (AvgIpc) is 2.32. The number of aliphatic carboxylic acids is 1. The van der Waals surface area contributed by atoms with E-state index < -0.39 is 12.0 Å². The summed E-state index contributed by atoms with van der Waals surface area (Å²) < 4.78 is 0. The van der Waals surface area contributed by atoms with Crippen molar-refractivity contribution in [1.29, 1.82) is 0 Å². The summed E-state index contributed by atoms with van der Waals surface area (Å²) in [5.74, 6) is -0.774. The lowest BCUT2D eigenvalue weighted by Crippen LogP contribution is -2.54. The van der Waals surface area contributed by atoms with Crippen molar-refractivity contribution in [2.45, 2.75) is 19.5 Å². The van der Waals surface area contributed by atoms with Crippen LogP contribution >= 0.6 is 0 Å². The lowest BCUT2D eigenvalue weighted by Gasteiger charge is -2.33. The molecule has 17 heavy (non-hydrogen) atoms. The Kier molecular flexibility index (Phi) is 3.71. The number of carbonyl (C=O) groups is 1. The fraction of sp³-hybridized carbons (Fsp3) is 0.500. The second kappa shape index (κ2) is 5.25. The van der Waals surface area contributed by atoms with Crippen LogP contribution in [0.3, 0.4) is 0 Å². The van der Waals surface area contributed by atoms with Crippen molar-refractivity contribution < 1.29 is 9.90 Å². The number of pyridine rings is 1. The van der Waals surface area contributed by atoms with E-state index in [1.165, 1.54) is 0 Å². The molecule has 1 aliphatic rings. The fourth-order valence-electron chi connectivity index (χ4n) is 1.98. The molecule has 0 aliphatic carbocycles. The van der Waals surface area contributed by atoms with E-state index in [0.29, 0.717) is 13.1 Å². The number of carboxylic acids is 1. The van der Waals surface area contributed by atoms with Crippen molar-refractivity contribution in [1.82, 2.24) is 15.2 Å². The van der Waals surface area contributed by atoms with E-state index in [0.717, 1.165) is 24.3 Å². The minimum atomic E-state index is -0.774. The molecule has 2 rings (SSSR count). The Hall–Kier alpha value is -1.46. The van der Waals surface area contributed by atoms with Crippen molar-refractivity contribution >= 4 is 5.97 Å². The summed E-state index contributed by atoms with van der Waals surface area (Å²) in [6.07, 6.45) is 1.81. The normalized spacial score (nSPS) is 21.4. The highest BCUT2D eigenvalue weighted by Crippen LogP contribution is 2.09. The van der Waals surface area contributed by atoms with Crippen LogP contribution in [0, 0.1) is 6.92 Å². The number of piperazine rings is 1. The van der Waals surface area contributed by atoms with Gasteiger partial charge < -0.3 is 10.4 Å². The number of nitrogens with zero attached hydrogens (tertiary/aromatic N) is 2. The maximum Gasteiger partial charge on any atom is 0.322 e. The molecule has 1 aromatic heterocycles. The van der Waals surface area contributed by atoms with E-state index in [-0.39, 0.29) is 0 Å². The summed E-state index contributed by atoms with van der Waals surface area (Å²) in [6, 6.07) is 3.50. The number of hydrogen-bond donors (Lipinski definition) is 2. The number of rotatable bonds is 3. The van der Waals surface area contributed by atoms with E-state index in [1.54, 1.807) is 0 Å². The van der Waals surface area contributed by atoms with Crippen molar-refractivity contribution in [2.24, 2.45) is 0 Å². The first kappa shape index (κ1) is 12.0. The Morgan fingerprint density at radius 3 is 3.12 bits per heavy atom. The SMILES string of the molecule is Cc1ccc(CN2CCNCC2C(=O)O)nc1. The number of aromatic nitrogens is 1. The maximum absolute atomic E-state index is 11.1. The molecule has 1 unspecified atom stereocenters. The number of nitrogens with one attached hydrogen (secondary N) is 1. The minimum Gasteiger partial charge on any atom is -0.480 e. The Bertz CT molecular complexity index is 391. The zero-order valence-electron chi connectivity index (χ0n) is 9.89. The Morgan fingerprint density at radius 2 is 2.47 bits per heavy atom. The molecule has 0 spiro atoms. The van der Waals surface area contributed by atoms with Gasteiger partial charge in [0.15, 0.2) is 0 Å². The third-order valence-electron chi connectivity index (χ3n) is 2.98. The minimum absolute atomic E-state index is 0.452. The lowest BCUT2D eigenvalue weighted by atomic mass is 10.1. The zero-order valence-corrected chi connectivity index (χ0v) is 9.89. The first-order valence-corrected chi connectivity index (χ1v) is 5.76. The van der Waals surface area contributed by atoms with Crippen LogP contribution in [-0.2, 0) is 11.3 Å². The molecule has 5 heteroatoms. The van der Waals surface area contributed by atoms with Crippen LogP contribution in [0.5, 0.6) is 0 Å². The van der Waals surface area contributed by atoms with Gasteiger partial charge in [0.2, 0.25) is 0 Å².